The van der Waals surface area contributed by atoms with Gasteiger partial charge in [0.25, 0.3) is 0 Å². The predicted molar refractivity (Wildman–Crippen MR) is 87.7 cm³/mol. The van der Waals surface area contributed by atoms with Gasteiger partial charge in [-0.25, -0.2) is 4.39 Å². The quantitative estimate of drug-likeness (QED) is 0.787. The number of fused-ring (bicyclic) bond motifs is 1. The van der Waals surface area contributed by atoms with E-state index in [0.717, 1.165) is 11.3 Å². The van der Waals surface area contributed by atoms with Crippen molar-refractivity contribution < 1.29 is 9.80 Å². The molecule has 6 heteroatoms. The number of nitrogens with two attached hydrogens (primary N) is 1. The number of nitriles is 3. The molecule has 0 unspecified atom stereocenters. The van der Waals surface area contributed by atoms with Gasteiger partial charge in [-0.2, -0.15) is 27.5 Å². The minimum atomic E-state index is -1.64. The SMILES string of the molecule is N#C[C@H]1C(=[NH2+])C(C#N)(C#N)[C@H](c2cccc(F)c2)[C@H]2CSCC=C12. The van der Waals surface area contributed by atoms with E-state index in [0.29, 0.717) is 11.3 Å². The minimum Gasteiger partial charge on any atom is -0.258 e. The molecular weight excluding hydrogens is 323 g/mol. The Morgan fingerprint density at radius 1 is 1.25 bits per heavy atom. The van der Waals surface area contributed by atoms with E-state index >= 15 is 0 Å². The Morgan fingerprint density at radius 2 is 2.00 bits per heavy atom. The molecule has 0 radical (unpaired) electrons. The first-order valence-corrected chi connectivity index (χ1v) is 8.62. The minimum absolute atomic E-state index is 0.0543. The van der Waals surface area contributed by atoms with Crippen LogP contribution >= 0.6 is 11.8 Å². The Kier molecular flexibility index (Phi) is 4.14. The number of thioether (sulfide) groups is 1. The molecule has 0 bridgehead atoms. The molecule has 0 spiro atoms. The van der Waals surface area contributed by atoms with Crippen molar-refractivity contribution in [2.45, 2.75) is 5.92 Å². The maximum absolute atomic E-state index is 13.8. The number of rotatable bonds is 1. The van der Waals surface area contributed by atoms with Gasteiger partial charge in [-0.05, 0) is 23.3 Å². The third kappa shape index (κ3) is 2.21. The van der Waals surface area contributed by atoms with Gasteiger partial charge in [0, 0.05) is 23.3 Å². The molecule has 1 aromatic rings. The van der Waals surface area contributed by atoms with Crippen molar-refractivity contribution in [3.8, 4) is 18.2 Å². The molecule has 3 atom stereocenters. The van der Waals surface area contributed by atoms with Crippen molar-refractivity contribution in [3.05, 3.63) is 47.3 Å². The first-order valence-electron chi connectivity index (χ1n) is 7.47. The van der Waals surface area contributed by atoms with E-state index < -0.39 is 23.1 Å². The summed E-state index contributed by atoms with van der Waals surface area (Å²) < 4.78 is 13.8. The highest BCUT2D eigenvalue weighted by Crippen LogP contribution is 2.53. The van der Waals surface area contributed by atoms with Crippen molar-refractivity contribution in [2.75, 3.05) is 11.5 Å². The molecule has 1 aromatic carbocycles. The third-order valence-corrected chi connectivity index (χ3v) is 5.82. The van der Waals surface area contributed by atoms with Gasteiger partial charge in [0.05, 0.1) is 18.2 Å². The van der Waals surface area contributed by atoms with E-state index in [4.69, 9.17) is 5.41 Å². The average molecular weight is 337 g/mol. The van der Waals surface area contributed by atoms with Crippen LogP contribution in [0.5, 0.6) is 0 Å². The first-order chi connectivity index (χ1) is 11.6. The van der Waals surface area contributed by atoms with Crippen LogP contribution in [-0.4, -0.2) is 17.2 Å². The van der Waals surface area contributed by atoms with E-state index in [1.807, 2.05) is 18.2 Å². The molecule has 3 rings (SSSR count). The number of allylic oxidation sites excluding steroid dienone is 1. The smallest absolute Gasteiger partial charge is 0.230 e. The lowest BCUT2D eigenvalue weighted by Gasteiger charge is -2.43. The second-order valence-electron chi connectivity index (χ2n) is 5.93. The Hall–Kier alpha value is -2.62. The van der Waals surface area contributed by atoms with Gasteiger partial charge in [0.2, 0.25) is 11.1 Å². The molecule has 2 N–H and O–H groups in total. The lowest BCUT2D eigenvalue weighted by atomic mass is 9.55. The van der Waals surface area contributed by atoms with Crippen LogP contribution in [-0.2, 0) is 0 Å². The summed E-state index contributed by atoms with van der Waals surface area (Å²) in [6.07, 6.45) is 1.96. The fourth-order valence-corrected chi connectivity index (χ4v) is 4.81. The number of benzene rings is 1. The molecule has 1 saturated carbocycles. The molecule has 1 heterocycles. The van der Waals surface area contributed by atoms with Gasteiger partial charge >= 0.3 is 0 Å². The van der Waals surface area contributed by atoms with Crippen LogP contribution in [0.3, 0.4) is 0 Å². The average Bonchev–Trinajstić information content (AvgIpc) is 2.61. The van der Waals surface area contributed by atoms with Gasteiger partial charge in [0.15, 0.2) is 0 Å². The molecule has 0 saturated heterocycles. The summed E-state index contributed by atoms with van der Waals surface area (Å²) in [6, 6.07) is 12.2. The number of hydrogen-bond donors (Lipinski definition) is 1. The molecule has 1 aliphatic carbocycles. The van der Waals surface area contributed by atoms with E-state index in [1.165, 1.54) is 12.1 Å². The van der Waals surface area contributed by atoms with Gasteiger partial charge < -0.3 is 0 Å². The van der Waals surface area contributed by atoms with E-state index in [-0.39, 0.29) is 11.6 Å². The Labute approximate surface area is 143 Å². The zero-order valence-corrected chi connectivity index (χ0v) is 13.6. The number of halogens is 1. The standard InChI is InChI=1S/C18H13FN4S/c19-12-3-1-2-11(6-12)16-15-8-24-5-4-13(15)14(7-20)17(23)18(16,9-21)10-22/h1-4,6,14-16,23H,5,8H2/p+1/t14-,15+,16-/m1/s1. The molecule has 4 nitrogen and oxygen atoms in total. The Morgan fingerprint density at radius 3 is 2.62 bits per heavy atom. The van der Waals surface area contributed by atoms with Crippen LogP contribution < -0.4 is 5.41 Å². The van der Waals surface area contributed by atoms with Crippen molar-refractivity contribution in [2.24, 2.45) is 17.3 Å². The van der Waals surface area contributed by atoms with E-state index in [2.05, 4.69) is 6.07 Å². The predicted octanol–water partition coefficient (Wildman–Crippen LogP) is 1.59. The zero-order valence-electron chi connectivity index (χ0n) is 12.7. The summed E-state index contributed by atoms with van der Waals surface area (Å²) in [4.78, 5) is 0. The molecule has 24 heavy (non-hydrogen) atoms. The van der Waals surface area contributed by atoms with Crippen LogP contribution in [0.2, 0.25) is 0 Å². The zero-order chi connectivity index (χ0) is 17.3. The van der Waals surface area contributed by atoms with Gasteiger partial charge in [-0.1, -0.05) is 18.2 Å². The highest BCUT2D eigenvalue weighted by molar-refractivity contribution is 7.99. The summed E-state index contributed by atoms with van der Waals surface area (Å²) in [6.45, 7) is 0. The highest BCUT2D eigenvalue weighted by atomic mass is 32.2. The third-order valence-electron chi connectivity index (χ3n) is 4.82. The lowest BCUT2D eigenvalue weighted by molar-refractivity contribution is -0.128. The maximum atomic E-state index is 13.8. The Balaban J connectivity index is 2.27. The van der Waals surface area contributed by atoms with Crippen LogP contribution in [0.1, 0.15) is 11.5 Å². The number of hydrogen-bond acceptors (Lipinski definition) is 4. The largest absolute Gasteiger partial charge is 0.258 e. The topological polar surface area (TPSA) is 97.0 Å². The van der Waals surface area contributed by atoms with Crippen molar-refractivity contribution in [1.29, 1.82) is 15.8 Å². The van der Waals surface area contributed by atoms with E-state index in [1.54, 1.807) is 23.9 Å². The second-order valence-corrected chi connectivity index (χ2v) is 7.00. The van der Waals surface area contributed by atoms with Gasteiger partial charge in [-0.3, -0.25) is 5.41 Å². The van der Waals surface area contributed by atoms with Crippen molar-refractivity contribution in [3.63, 3.8) is 0 Å². The van der Waals surface area contributed by atoms with Crippen LogP contribution in [0, 0.1) is 57.1 Å². The van der Waals surface area contributed by atoms with Crippen LogP contribution in [0.25, 0.3) is 0 Å². The molecule has 0 amide bonds. The summed E-state index contributed by atoms with van der Waals surface area (Å²) in [5.41, 5.74) is -0.174. The second kappa shape index (κ2) is 6.11. The Bertz CT molecular complexity index is 841. The van der Waals surface area contributed by atoms with Crippen molar-refractivity contribution >= 4 is 17.5 Å². The van der Waals surface area contributed by atoms with Crippen LogP contribution in [0.4, 0.5) is 4.39 Å². The summed E-state index contributed by atoms with van der Waals surface area (Å²) in [5, 5.41) is 35.3. The molecule has 2 aliphatic rings. The van der Waals surface area contributed by atoms with Gasteiger partial charge in [0.1, 0.15) is 11.7 Å². The van der Waals surface area contributed by atoms with Crippen molar-refractivity contribution in [1.82, 2.24) is 0 Å². The van der Waals surface area contributed by atoms with Crippen LogP contribution in [0.15, 0.2) is 35.9 Å². The fraction of sp³-hybridized carbons (Fsp3) is 0.333. The maximum Gasteiger partial charge on any atom is 0.230 e. The van der Waals surface area contributed by atoms with E-state index in [9.17, 15) is 20.2 Å². The molecule has 118 valence electrons. The summed E-state index contributed by atoms with van der Waals surface area (Å²) >= 11 is 1.67. The number of nitrogens with zero attached hydrogens (tertiary/aromatic N) is 3. The summed E-state index contributed by atoms with van der Waals surface area (Å²) in [7, 11) is 0. The first kappa shape index (κ1) is 16.2. The van der Waals surface area contributed by atoms with Gasteiger partial charge in [-0.15, -0.1) is 0 Å². The fourth-order valence-electron chi connectivity index (χ4n) is 3.73. The molecule has 1 aliphatic heterocycles. The highest BCUT2D eigenvalue weighted by Gasteiger charge is 2.60. The molecule has 0 aromatic heterocycles. The normalized spacial score (nSPS) is 27.8. The molecular formula is C18H14FN4S+. The molecule has 1 fully saturated rings. The summed E-state index contributed by atoms with van der Waals surface area (Å²) in [5.74, 6) is -0.524. The monoisotopic (exact) mass is 337 g/mol. The lowest BCUT2D eigenvalue weighted by Crippen LogP contribution is -2.61.